The number of nitrogens with one attached hydrogen (secondary N) is 1. The van der Waals surface area contributed by atoms with E-state index in [4.69, 9.17) is 29.4 Å². The number of fused-ring (bicyclic) bond motifs is 1. The molecule has 5 aromatic rings. The Morgan fingerprint density at radius 3 is 2.02 bits per heavy atom. The van der Waals surface area contributed by atoms with Gasteiger partial charge in [0.05, 0.1) is 41.6 Å². The van der Waals surface area contributed by atoms with Gasteiger partial charge in [0.25, 0.3) is 5.56 Å². The molecule has 1 fully saturated rings. The highest BCUT2D eigenvalue weighted by molar-refractivity contribution is 6.58. The van der Waals surface area contributed by atoms with Crippen molar-refractivity contribution in [3.05, 3.63) is 112 Å². The average molecular weight is 700 g/mol. The predicted octanol–water partition coefficient (Wildman–Crippen LogP) is 4.35. The molecule has 1 aliphatic rings. The van der Waals surface area contributed by atoms with E-state index in [1.54, 1.807) is 18.8 Å². The largest absolute Gasteiger partial charge is 0.497 e. The number of hydrogen-bond acceptors (Lipinski definition) is 10. The summed E-state index contributed by atoms with van der Waals surface area (Å²) in [5, 5.41) is 11.0. The van der Waals surface area contributed by atoms with E-state index in [1.807, 2.05) is 99.6 Å². The van der Waals surface area contributed by atoms with Crippen LogP contribution in [-0.2, 0) is 25.2 Å². The smallest absolute Gasteiger partial charge is 0.280 e. The molecule has 1 saturated heterocycles. The van der Waals surface area contributed by atoms with E-state index in [1.165, 1.54) is 6.33 Å². The van der Waals surface area contributed by atoms with Crippen molar-refractivity contribution in [1.82, 2.24) is 19.5 Å². The molecule has 1 aliphatic heterocycles. The maximum Gasteiger partial charge on any atom is 0.280 e. The van der Waals surface area contributed by atoms with Gasteiger partial charge >= 0.3 is 0 Å². The molecule has 13 heteroatoms. The number of anilines is 1. The molecule has 4 N–H and O–H groups in total. The fourth-order valence-corrected chi connectivity index (χ4v) is 9.00. The van der Waals surface area contributed by atoms with Gasteiger partial charge in [-0.2, -0.15) is 4.98 Å². The lowest BCUT2D eigenvalue weighted by Gasteiger charge is -2.41. The van der Waals surface area contributed by atoms with Crippen LogP contribution in [0.3, 0.4) is 0 Å². The zero-order chi connectivity index (χ0) is 35.8. The molecule has 12 nitrogen and oxygen atoms in total. The Morgan fingerprint density at radius 1 is 0.940 bits per heavy atom. The molecule has 0 aliphatic carbocycles. The van der Waals surface area contributed by atoms with Crippen molar-refractivity contribution in [3.63, 3.8) is 0 Å². The minimum Gasteiger partial charge on any atom is -0.497 e. The number of nitrogens with zero attached hydrogens (tertiary/aromatic N) is 3. The molecule has 3 aromatic carbocycles. The highest BCUT2D eigenvalue weighted by Gasteiger charge is 2.60. The summed E-state index contributed by atoms with van der Waals surface area (Å²) in [6, 6.07) is 25.4. The first-order chi connectivity index (χ1) is 23.8. The summed E-state index contributed by atoms with van der Waals surface area (Å²) in [5.41, 5.74) is 6.64. The first kappa shape index (κ1) is 35.3. The summed E-state index contributed by atoms with van der Waals surface area (Å²) >= 11 is 0. The summed E-state index contributed by atoms with van der Waals surface area (Å²) in [5.74, 6) is 1.35. The standard InChI is InChI=1S/C37H45N5O7Si/c1-35(2,3)49-31-30(43)28(48-37(31,50(6)7)42-22-39-29-32(42)40-34(38)41-33(29)44)21-47-36(23-11-9-8-10-12-23,24-13-17-26(45-4)18-14-24)25-15-19-27(46-5)20-16-25/h8-20,22,28,30-31,43,50H,21H2,1-7H3,(H3,38,40,41,44)/t28-,30-,31-,37+/m1/s1. The van der Waals surface area contributed by atoms with E-state index in [9.17, 15) is 9.90 Å². The summed E-state index contributed by atoms with van der Waals surface area (Å²) in [6.45, 7) is 9.94. The summed E-state index contributed by atoms with van der Waals surface area (Å²) in [6.07, 6.45) is -1.34. The molecule has 2 aromatic heterocycles. The minimum atomic E-state index is -2.04. The molecular weight excluding hydrogens is 655 g/mol. The SMILES string of the molecule is COc1ccc(C(OC[C@H]2O[C@](n3cnc4c(=O)[nH]c(N)nc43)([SiH](C)C)[C@H](OC(C)(C)C)[C@@H]2O)(c2ccccc2)c2ccc(OC)cc2)cc1. The number of ether oxygens (including phenoxy) is 5. The number of H-pyrrole nitrogens is 1. The van der Waals surface area contributed by atoms with Gasteiger partial charge in [-0.3, -0.25) is 14.3 Å². The molecule has 0 saturated carbocycles. The van der Waals surface area contributed by atoms with Crippen molar-refractivity contribution in [2.24, 2.45) is 0 Å². The van der Waals surface area contributed by atoms with Crippen LogP contribution < -0.4 is 20.8 Å². The van der Waals surface area contributed by atoms with Crippen LogP contribution >= 0.6 is 0 Å². The number of rotatable bonds is 11. The van der Waals surface area contributed by atoms with Crippen molar-refractivity contribution in [1.29, 1.82) is 0 Å². The third kappa shape index (κ3) is 6.20. The highest BCUT2D eigenvalue weighted by Crippen LogP contribution is 2.46. The molecule has 264 valence electrons. The molecule has 0 spiro atoms. The number of benzene rings is 3. The minimum absolute atomic E-state index is 0.0379. The van der Waals surface area contributed by atoms with Crippen LogP contribution in [0, 0.1) is 0 Å². The zero-order valence-electron chi connectivity index (χ0n) is 29.4. The highest BCUT2D eigenvalue weighted by atomic mass is 28.3. The maximum atomic E-state index is 12.8. The Balaban J connectivity index is 1.50. The fraction of sp³-hybridized carbons (Fsp3) is 0.378. The summed E-state index contributed by atoms with van der Waals surface area (Å²) in [4.78, 5) is 24.2. The van der Waals surface area contributed by atoms with Crippen LogP contribution in [0.5, 0.6) is 11.5 Å². The number of aromatic nitrogens is 4. The molecule has 3 heterocycles. The van der Waals surface area contributed by atoms with Gasteiger partial charge in [-0.15, -0.1) is 0 Å². The summed E-state index contributed by atoms with van der Waals surface area (Å²) in [7, 11) is 1.21. The normalized spacial score (nSPS) is 21.2. The van der Waals surface area contributed by atoms with Gasteiger partial charge in [0.1, 0.15) is 35.4 Å². The quantitative estimate of drug-likeness (QED) is 0.134. The number of nitrogens with two attached hydrogens (primary N) is 1. The van der Waals surface area contributed by atoms with Crippen LogP contribution in [0.2, 0.25) is 13.1 Å². The molecule has 0 bridgehead atoms. The molecule has 0 unspecified atom stereocenters. The maximum absolute atomic E-state index is 12.8. The third-order valence-electron chi connectivity index (χ3n) is 9.19. The van der Waals surface area contributed by atoms with Crippen molar-refractivity contribution >= 4 is 25.9 Å². The summed E-state index contributed by atoms with van der Waals surface area (Å²) < 4.78 is 33.6. The number of nitrogen functional groups attached to an aromatic ring is 1. The van der Waals surface area contributed by atoms with Crippen molar-refractivity contribution in [2.75, 3.05) is 26.6 Å². The Bertz CT molecular complexity index is 1930. The Labute approximate surface area is 292 Å². The number of aliphatic hydroxyl groups excluding tert-OH is 1. The van der Waals surface area contributed by atoms with E-state index < -0.39 is 49.2 Å². The lowest BCUT2D eigenvalue weighted by atomic mass is 9.80. The average Bonchev–Trinajstić information content (AvgIpc) is 3.64. The van der Waals surface area contributed by atoms with Crippen LogP contribution in [0.4, 0.5) is 5.95 Å². The number of imidazole rings is 1. The molecule has 50 heavy (non-hydrogen) atoms. The van der Waals surface area contributed by atoms with Crippen LogP contribution in [0.15, 0.2) is 90.0 Å². The Kier molecular flexibility index (Phi) is 9.63. The van der Waals surface area contributed by atoms with Gasteiger partial charge in [-0.05, 0) is 61.7 Å². The number of aliphatic hydroxyl groups is 1. The van der Waals surface area contributed by atoms with E-state index in [-0.39, 0.29) is 23.7 Å². The van der Waals surface area contributed by atoms with Gasteiger partial charge in [0, 0.05) is 0 Å². The number of hydrogen-bond donors (Lipinski definition) is 3. The van der Waals surface area contributed by atoms with E-state index in [0.29, 0.717) is 11.5 Å². The Morgan fingerprint density at radius 2 is 1.50 bits per heavy atom. The lowest BCUT2D eigenvalue weighted by Crippen LogP contribution is -2.57. The second-order valence-electron chi connectivity index (χ2n) is 13.8. The van der Waals surface area contributed by atoms with Gasteiger partial charge in [0.15, 0.2) is 16.5 Å². The number of methoxy groups -OCH3 is 2. The zero-order valence-corrected chi connectivity index (χ0v) is 30.6. The second kappa shape index (κ2) is 13.6. The molecule has 0 radical (unpaired) electrons. The van der Waals surface area contributed by atoms with Crippen molar-refractivity contribution < 1.29 is 28.8 Å². The molecule has 4 atom stereocenters. The van der Waals surface area contributed by atoms with Gasteiger partial charge in [-0.25, -0.2) is 4.98 Å². The first-order valence-electron chi connectivity index (χ1n) is 16.6. The fourth-order valence-electron chi connectivity index (χ4n) is 6.89. The lowest BCUT2D eigenvalue weighted by molar-refractivity contribution is -0.154. The van der Waals surface area contributed by atoms with E-state index >= 15 is 0 Å². The van der Waals surface area contributed by atoms with Crippen molar-refractivity contribution in [2.45, 2.75) is 68.7 Å². The van der Waals surface area contributed by atoms with Gasteiger partial charge in [-0.1, -0.05) is 67.7 Å². The van der Waals surface area contributed by atoms with Gasteiger partial charge < -0.3 is 34.5 Å². The molecule has 0 amide bonds. The van der Waals surface area contributed by atoms with Gasteiger partial charge in [0.2, 0.25) is 5.95 Å². The molecule has 6 rings (SSSR count). The topological polar surface area (TPSA) is 156 Å². The van der Waals surface area contributed by atoms with E-state index in [0.717, 1.165) is 16.7 Å². The first-order valence-corrected chi connectivity index (χ1v) is 19.5. The molecular formula is C37H45N5O7Si. The van der Waals surface area contributed by atoms with E-state index in [2.05, 4.69) is 28.0 Å². The predicted molar refractivity (Wildman–Crippen MR) is 193 cm³/mol. The van der Waals surface area contributed by atoms with Crippen LogP contribution in [0.25, 0.3) is 11.2 Å². The van der Waals surface area contributed by atoms with Crippen LogP contribution in [-0.4, -0.2) is 78.2 Å². The monoisotopic (exact) mass is 699 g/mol. The second-order valence-corrected chi connectivity index (χ2v) is 16.9. The number of aromatic amines is 1. The van der Waals surface area contributed by atoms with Crippen molar-refractivity contribution in [3.8, 4) is 11.5 Å². The third-order valence-corrected chi connectivity index (χ3v) is 11.6. The Hall–Kier alpha value is -4.53. The van der Waals surface area contributed by atoms with Crippen LogP contribution in [0.1, 0.15) is 37.5 Å².